The number of benzene rings is 2. The number of rotatable bonds is 5. The van der Waals surface area contributed by atoms with E-state index in [2.05, 4.69) is 4.98 Å². The van der Waals surface area contributed by atoms with Gasteiger partial charge in [0.2, 0.25) is 5.91 Å². The van der Waals surface area contributed by atoms with E-state index in [0.29, 0.717) is 11.8 Å². The SMILES string of the molecule is CC(C(=O)N(Cc1ccccn1)c1ccc(F)cc1F)N1C(=O)c2ccccc2C1=O. The van der Waals surface area contributed by atoms with Crippen LogP contribution in [0.2, 0.25) is 0 Å². The molecular weight excluding hydrogens is 404 g/mol. The minimum absolute atomic E-state index is 0.129. The van der Waals surface area contributed by atoms with E-state index in [1.165, 1.54) is 25.3 Å². The molecule has 8 heteroatoms. The van der Waals surface area contributed by atoms with Crippen LogP contribution in [0.3, 0.4) is 0 Å². The Labute approximate surface area is 176 Å². The maximum Gasteiger partial charge on any atom is 0.262 e. The summed E-state index contributed by atoms with van der Waals surface area (Å²) >= 11 is 0. The summed E-state index contributed by atoms with van der Waals surface area (Å²) in [5.41, 5.74) is 0.683. The highest BCUT2D eigenvalue weighted by atomic mass is 19.1. The van der Waals surface area contributed by atoms with Crippen LogP contribution in [0, 0.1) is 11.6 Å². The van der Waals surface area contributed by atoms with Gasteiger partial charge < -0.3 is 4.90 Å². The number of hydrogen-bond acceptors (Lipinski definition) is 4. The molecule has 0 aliphatic carbocycles. The number of pyridine rings is 1. The van der Waals surface area contributed by atoms with Crippen LogP contribution in [-0.2, 0) is 11.3 Å². The van der Waals surface area contributed by atoms with E-state index in [1.807, 2.05) is 0 Å². The molecule has 0 radical (unpaired) electrons. The fourth-order valence-corrected chi connectivity index (χ4v) is 3.53. The first-order chi connectivity index (χ1) is 14.9. The number of carbonyl (C=O) groups excluding carboxylic acids is 3. The molecular formula is C23H17F2N3O3. The fourth-order valence-electron chi connectivity index (χ4n) is 3.53. The summed E-state index contributed by atoms with van der Waals surface area (Å²) in [6.45, 7) is 1.27. The zero-order chi connectivity index (χ0) is 22.1. The molecule has 156 valence electrons. The topological polar surface area (TPSA) is 70.6 Å². The Balaban J connectivity index is 1.70. The van der Waals surface area contributed by atoms with Crippen molar-refractivity contribution >= 4 is 23.4 Å². The van der Waals surface area contributed by atoms with Crippen molar-refractivity contribution in [1.29, 1.82) is 0 Å². The number of fused-ring (bicyclic) bond motifs is 1. The standard InChI is InChI=1S/C23H17F2N3O3/c1-14(28-22(30)17-7-2-3-8-18(17)23(28)31)21(29)27(13-16-6-4-5-11-26-16)20-10-9-15(24)12-19(20)25/h2-12,14H,13H2,1H3. The minimum Gasteiger partial charge on any atom is -0.302 e. The first-order valence-electron chi connectivity index (χ1n) is 9.51. The Bertz CT molecular complexity index is 1150. The Kier molecular flexibility index (Phi) is 5.29. The highest BCUT2D eigenvalue weighted by Crippen LogP contribution is 2.28. The van der Waals surface area contributed by atoms with Crippen molar-refractivity contribution in [1.82, 2.24) is 9.88 Å². The van der Waals surface area contributed by atoms with Gasteiger partial charge in [0.25, 0.3) is 11.8 Å². The van der Waals surface area contributed by atoms with Gasteiger partial charge in [0.1, 0.15) is 17.7 Å². The van der Waals surface area contributed by atoms with E-state index in [4.69, 9.17) is 0 Å². The lowest BCUT2D eigenvalue weighted by Crippen LogP contribution is -2.49. The molecule has 1 aliphatic heterocycles. The van der Waals surface area contributed by atoms with Crippen LogP contribution in [0.1, 0.15) is 33.3 Å². The van der Waals surface area contributed by atoms with Gasteiger partial charge in [-0.2, -0.15) is 0 Å². The number of hydrogen-bond donors (Lipinski definition) is 0. The van der Waals surface area contributed by atoms with Gasteiger partial charge in [0.05, 0.1) is 29.1 Å². The normalized spacial score (nSPS) is 13.8. The summed E-state index contributed by atoms with van der Waals surface area (Å²) in [5, 5.41) is 0. The van der Waals surface area contributed by atoms with E-state index < -0.39 is 35.4 Å². The van der Waals surface area contributed by atoms with Gasteiger partial charge in [0.15, 0.2) is 0 Å². The molecule has 1 unspecified atom stereocenters. The van der Waals surface area contributed by atoms with Crippen LogP contribution in [0.25, 0.3) is 0 Å². The molecule has 0 saturated heterocycles. The third-order valence-electron chi connectivity index (χ3n) is 5.08. The molecule has 2 heterocycles. The maximum absolute atomic E-state index is 14.6. The van der Waals surface area contributed by atoms with Crippen molar-refractivity contribution in [2.24, 2.45) is 0 Å². The number of amides is 3. The van der Waals surface area contributed by atoms with Crippen molar-refractivity contribution in [3.8, 4) is 0 Å². The molecule has 4 rings (SSSR count). The van der Waals surface area contributed by atoms with Gasteiger partial charge in [-0.15, -0.1) is 0 Å². The third-order valence-corrected chi connectivity index (χ3v) is 5.08. The smallest absolute Gasteiger partial charge is 0.262 e. The number of nitrogens with zero attached hydrogens (tertiary/aromatic N) is 3. The monoisotopic (exact) mass is 421 g/mol. The predicted octanol–water partition coefficient (Wildman–Crippen LogP) is 3.58. The van der Waals surface area contributed by atoms with Crippen molar-refractivity contribution in [3.05, 3.63) is 95.3 Å². The van der Waals surface area contributed by atoms with E-state index >= 15 is 0 Å². The van der Waals surface area contributed by atoms with Gasteiger partial charge in [-0.1, -0.05) is 18.2 Å². The van der Waals surface area contributed by atoms with E-state index in [1.54, 1.807) is 30.3 Å². The summed E-state index contributed by atoms with van der Waals surface area (Å²) in [5.74, 6) is -3.64. The number of aromatic nitrogens is 1. The zero-order valence-electron chi connectivity index (χ0n) is 16.5. The predicted molar refractivity (Wildman–Crippen MR) is 108 cm³/mol. The van der Waals surface area contributed by atoms with Gasteiger partial charge in [-0.3, -0.25) is 24.3 Å². The van der Waals surface area contributed by atoms with Crippen molar-refractivity contribution < 1.29 is 23.2 Å². The molecule has 0 spiro atoms. The van der Waals surface area contributed by atoms with E-state index in [0.717, 1.165) is 21.9 Å². The van der Waals surface area contributed by atoms with Gasteiger partial charge in [-0.05, 0) is 43.3 Å². The molecule has 1 aromatic heterocycles. The third kappa shape index (κ3) is 3.68. The molecule has 3 aromatic rings. The summed E-state index contributed by atoms with van der Waals surface area (Å²) in [7, 11) is 0. The highest BCUT2D eigenvalue weighted by Gasteiger charge is 2.42. The van der Waals surface area contributed by atoms with Crippen molar-refractivity contribution in [2.45, 2.75) is 19.5 Å². The van der Waals surface area contributed by atoms with E-state index in [9.17, 15) is 23.2 Å². The van der Waals surface area contributed by atoms with Crippen molar-refractivity contribution in [2.75, 3.05) is 4.90 Å². The molecule has 0 saturated carbocycles. The zero-order valence-corrected chi connectivity index (χ0v) is 16.5. The van der Waals surface area contributed by atoms with Crippen molar-refractivity contribution in [3.63, 3.8) is 0 Å². The number of imide groups is 1. The number of halogens is 2. The lowest BCUT2D eigenvalue weighted by atomic mass is 10.1. The lowest BCUT2D eigenvalue weighted by Gasteiger charge is -2.29. The second kappa shape index (κ2) is 8.06. The first-order valence-corrected chi connectivity index (χ1v) is 9.51. The van der Waals surface area contributed by atoms with E-state index in [-0.39, 0.29) is 23.4 Å². The maximum atomic E-state index is 14.6. The second-order valence-electron chi connectivity index (χ2n) is 7.04. The minimum atomic E-state index is -1.22. The average Bonchev–Trinajstić information content (AvgIpc) is 3.03. The average molecular weight is 421 g/mol. The summed E-state index contributed by atoms with van der Waals surface area (Å²) in [4.78, 5) is 45.0. The quantitative estimate of drug-likeness (QED) is 0.591. The van der Waals surface area contributed by atoms with Crippen LogP contribution in [0.5, 0.6) is 0 Å². The Hall–Kier alpha value is -3.94. The van der Waals surface area contributed by atoms with Crippen LogP contribution < -0.4 is 4.90 Å². The number of anilines is 1. The van der Waals surface area contributed by atoms with Gasteiger partial charge in [-0.25, -0.2) is 8.78 Å². The van der Waals surface area contributed by atoms with Crippen LogP contribution in [0.4, 0.5) is 14.5 Å². The number of carbonyl (C=O) groups is 3. The Morgan fingerprint density at radius 2 is 1.65 bits per heavy atom. The molecule has 1 aliphatic rings. The molecule has 1 atom stereocenters. The lowest BCUT2D eigenvalue weighted by molar-refractivity contribution is -0.122. The largest absolute Gasteiger partial charge is 0.302 e. The Morgan fingerprint density at radius 3 is 2.23 bits per heavy atom. The molecule has 0 fully saturated rings. The van der Waals surface area contributed by atoms with Gasteiger partial charge >= 0.3 is 0 Å². The highest BCUT2D eigenvalue weighted by molar-refractivity contribution is 6.23. The molecule has 2 aromatic carbocycles. The van der Waals surface area contributed by atoms with Crippen LogP contribution in [0.15, 0.2) is 66.9 Å². The molecule has 6 nitrogen and oxygen atoms in total. The Morgan fingerprint density at radius 1 is 1.00 bits per heavy atom. The fraction of sp³-hybridized carbons (Fsp3) is 0.130. The first kappa shape index (κ1) is 20.3. The van der Waals surface area contributed by atoms with Gasteiger partial charge in [0, 0.05) is 12.3 Å². The summed E-state index contributed by atoms with van der Waals surface area (Å²) in [6.07, 6.45) is 1.52. The molecule has 31 heavy (non-hydrogen) atoms. The molecule has 3 amide bonds. The van der Waals surface area contributed by atoms with Crippen LogP contribution >= 0.6 is 0 Å². The molecule has 0 bridgehead atoms. The second-order valence-corrected chi connectivity index (χ2v) is 7.04. The molecule has 0 N–H and O–H groups in total. The van der Waals surface area contributed by atoms with Crippen LogP contribution in [-0.4, -0.2) is 33.6 Å². The summed E-state index contributed by atoms with van der Waals surface area (Å²) < 4.78 is 28.0. The summed E-state index contributed by atoms with van der Waals surface area (Å²) in [6, 6.07) is 12.9.